The quantitative estimate of drug-likeness (QED) is 0.639. The zero-order valence-electron chi connectivity index (χ0n) is 10.2. The third-order valence-electron chi connectivity index (χ3n) is 2.57. The van der Waals surface area contributed by atoms with Crippen LogP contribution in [0.4, 0.5) is 5.69 Å². The molecule has 0 amide bonds. The number of aromatic nitrogens is 2. The van der Waals surface area contributed by atoms with Crippen LogP contribution in [0.15, 0.2) is 22.8 Å². The summed E-state index contributed by atoms with van der Waals surface area (Å²) in [6, 6.07) is 4.59. The molecule has 0 fully saturated rings. The van der Waals surface area contributed by atoms with Crippen molar-refractivity contribution in [1.29, 1.82) is 0 Å². The van der Waals surface area contributed by atoms with E-state index in [9.17, 15) is 10.1 Å². The van der Waals surface area contributed by atoms with Crippen LogP contribution >= 0.6 is 0 Å². The summed E-state index contributed by atoms with van der Waals surface area (Å²) in [7, 11) is 0. The average molecular weight is 264 g/mol. The lowest BCUT2D eigenvalue weighted by atomic mass is 10.2. The van der Waals surface area contributed by atoms with Crippen LogP contribution in [0.1, 0.15) is 17.0 Å². The van der Waals surface area contributed by atoms with Crippen LogP contribution in [-0.2, 0) is 13.2 Å². The lowest BCUT2D eigenvalue weighted by Crippen LogP contribution is -2.03. The SMILES string of the molecule is Cc1nonc1COc1ccc(CN)cc1[N+](=O)[O-]. The fourth-order valence-corrected chi connectivity index (χ4v) is 1.48. The second-order valence-corrected chi connectivity index (χ2v) is 3.85. The van der Waals surface area contributed by atoms with Crippen LogP contribution in [0, 0.1) is 17.0 Å². The number of hydrogen-bond donors (Lipinski definition) is 1. The Morgan fingerprint density at radius 2 is 2.26 bits per heavy atom. The van der Waals surface area contributed by atoms with Crippen molar-refractivity contribution < 1.29 is 14.3 Å². The van der Waals surface area contributed by atoms with Crippen molar-refractivity contribution in [2.75, 3.05) is 0 Å². The first-order chi connectivity index (χ1) is 9.11. The molecular formula is C11H12N4O4. The van der Waals surface area contributed by atoms with Gasteiger partial charge in [0.2, 0.25) is 0 Å². The van der Waals surface area contributed by atoms with Crippen LogP contribution in [0.2, 0.25) is 0 Å². The first-order valence-corrected chi connectivity index (χ1v) is 5.50. The van der Waals surface area contributed by atoms with Crippen molar-refractivity contribution in [3.05, 3.63) is 45.3 Å². The van der Waals surface area contributed by atoms with E-state index in [0.29, 0.717) is 17.0 Å². The second-order valence-electron chi connectivity index (χ2n) is 3.85. The van der Waals surface area contributed by atoms with Gasteiger partial charge in [-0.05, 0) is 18.6 Å². The average Bonchev–Trinajstić information content (AvgIpc) is 2.81. The molecule has 8 heteroatoms. The molecule has 1 aromatic heterocycles. The fourth-order valence-electron chi connectivity index (χ4n) is 1.48. The molecule has 8 nitrogen and oxygen atoms in total. The Balaban J connectivity index is 2.20. The summed E-state index contributed by atoms with van der Waals surface area (Å²) < 4.78 is 9.90. The maximum atomic E-state index is 11.0. The molecule has 0 radical (unpaired) electrons. The van der Waals surface area contributed by atoms with Gasteiger partial charge in [0.15, 0.2) is 5.75 Å². The van der Waals surface area contributed by atoms with Gasteiger partial charge in [0.05, 0.1) is 4.92 Å². The minimum Gasteiger partial charge on any atom is -0.480 e. The number of ether oxygens (including phenoxy) is 1. The van der Waals surface area contributed by atoms with Crippen molar-refractivity contribution >= 4 is 5.69 Å². The Kier molecular flexibility index (Phi) is 3.71. The summed E-state index contributed by atoms with van der Waals surface area (Å²) in [5.41, 5.74) is 7.07. The first-order valence-electron chi connectivity index (χ1n) is 5.50. The number of rotatable bonds is 5. The number of nitrogens with zero attached hydrogens (tertiary/aromatic N) is 3. The van der Waals surface area contributed by atoms with E-state index in [2.05, 4.69) is 14.9 Å². The van der Waals surface area contributed by atoms with E-state index in [4.69, 9.17) is 10.5 Å². The van der Waals surface area contributed by atoms with E-state index in [1.807, 2.05) is 0 Å². The molecule has 19 heavy (non-hydrogen) atoms. The van der Waals surface area contributed by atoms with Gasteiger partial charge in [0, 0.05) is 12.6 Å². The minimum atomic E-state index is -0.512. The molecule has 0 aliphatic carbocycles. The highest BCUT2D eigenvalue weighted by molar-refractivity contribution is 5.48. The van der Waals surface area contributed by atoms with Crippen LogP contribution in [-0.4, -0.2) is 15.2 Å². The fraction of sp³-hybridized carbons (Fsp3) is 0.273. The molecule has 0 atom stereocenters. The van der Waals surface area contributed by atoms with E-state index in [1.54, 1.807) is 13.0 Å². The normalized spacial score (nSPS) is 10.4. The zero-order chi connectivity index (χ0) is 13.8. The van der Waals surface area contributed by atoms with Gasteiger partial charge in [0.1, 0.15) is 18.0 Å². The van der Waals surface area contributed by atoms with Gasteiger partial charge in [-0.15, -0.1) is 0 Å². The molecule has 2 aromatic rings. The van der Waals surface area contributed by atoms with E-state index in [0.717, 1.165) is 0 Å². The van der Waals surface area contributed by atoms with Gasteiger partial charge in [0.25, 0.3) is 0 Å². The molecule has 0 saturated heterocycles. The predicted octanol–water partition coefficient (Wildman–Crippen LogP) is 1.32. The lowest BCUT2D eigenvalue weighted by Gasteiger charge is -2.06. The lowest BCUT2D eigenvalue weighted by molar-refractivity contribution is -0.386. The Morgan fingerprint density at radius 3 is 2.84 bits per heavy atom. The van der Waals surface area contributed by atoms with Crippen molar-refractivity contribution in [3.63, 3.8) is 0 Å². The Hall–Kier alpha value is -2.48. The van der Waals surface area contributed by atoms with Crippen LogP contribution in [0.3, 0.4) is 0 Å². The molecular weight excluding hydrogens is 252 g/mol. The molecule has 2 rings (SSSR count). The number of nitro groups is 1. The smallest absolute Gasteiger partial charge is 0.311 e. The third kappa shape index (κ3) is 2.86. The summed E-state index contributed by atoms with van der Waals surface area (Å²) in [6.07, 6.45) is 0. The molecule has 100 valence electrons. The second kappa shape index (κ2) is 5.44. The van der Waals surface area contributed by atoms with Crippen molar-refractivity contribution in [3.8, 4) is 5.75 Å². The van der Waals surface area contributed by atoms with E-state index >= 15 is 0 Å². The zero-order valence-corrected chi connectivity index (χ0v) is 10.2. The summed E-state index contributed by atoms with van der Waals surface area (Å²) in [5.74, 6) is 0.157. The van der Waals surface area contributed by atoms with E-state index in [-0.39, 0.29) is 24.6 Å². The van der Waals surface area contributed by atoms with E-state index in [1.165, 1.54) is 12.1 Å². The Labute approximate surface area is 108 Å². The van der Waals surface area contributed by atoms with Gasteiger partial charge >= 0.3 is 5.69 Å². The maximum Gasteiger partial charge on any atom is 0.311 e. The van der Waals surface area contributed by atoms with Crippen molar-refractivity contribution in [1.82, 2.24) is 10.3 Å². The first kappa shape index (κ1) is 13.0. The molecule has 0 spiro atoms. The van der Waals surface area contributed by atoms with Crippen LogP contribution in [0.25, 0.3) is 0 Å². The highest BCUT2D eigenvalue weighted by Gasteiger charge is 2.17. The molecule has 0 bridgehead atoms. The molecule has 0 aliphatic heterocycles. The molecule has 0 unspecified atom stereocenters. The minimum absolute atomic E-state index is 0.0537. The van der Waals surface area contributed by atoms with E-state index < -0.39 is 4.92 Å². The number of nitro benzene ring substituents is 1. The monoisotopic (exact) mass is 264 g/mol. The van der Waals surface area contributed by atoms with Gasteiger partial charge in [-0.1, -0.05) is 16.4 Å². The molecule has 1 heterocycles. The molecule has 0 saturated carbocycles. The van der Waals surface area contributed by atoms with Gasteiger partial charge in [-0.25, -0.2) is 4.63 Å². The number of hydrogen-bond acceptors (Lipinski definition) is 7. The summed E-state index contributed by atoms with van der Waals surface area (Å²) >= 11 is 0. The highest BCUT2D eigenvalue weighted by atomic mass is 16.6. The van der Waals surface area contributed by atoms with Gasteiger partial charge in [-0.3, -0.25) is 10.1 Å². The summed E-state index contributed by atoms with van der Waals surface area (Å²) in [5, 5.41) is 18.2. The largest absolute Gasteiger partial charge is 0.480 e. The Morgan fingerprint density at radius 1 is 1.47 bits per heavy atom. The van der Waals surface area contributed by atoms with Crippen molar-refractivity contribution in [2.45, 2.75) is 20.1 Å². The molecule has 0 aliphatic rings. The van der Waals surface area contributed by atoms with Crippen LogP contribution in [0.5, 0.6) is 5.75 Å². The third-order valence-corrected chi connectivity index (χ3v) is 2.57. The van der Waals surface area contributed by atoms with Gasteiger partial charge in [-0.2, -0.15) is 0 Å². The summed E-state index contributed by atoms with van der Waals surface area (Å²) in [6.45, 7) is 1.99. The highest BCUT2D eigenvalue weighted by Crippen LogP contribution is 2.28. The topological polar surface area (TPSA) is 117 Å². The molecule has 2 N–H and O–H groups in total. The van der Waals surface area contributed by atoms with Gasteiger partial charge < -0.3 is 10.5 Å². The number of benzene rings is 1. The van der Waals surface area contributed by atoms with Crippen molar-refractivity contribution in [2.24, 2.45) is 5.73 Å². The van der Waals surface area contributed by atoms with Crippen LogP contribution < -0.4 is 10.5 Å². The Bertz CT molecular complexity index is 596. The maximum absolute atomic E-state index is 11.0. The standard InChI is InChI=1S/C11H12N4O4/c1-7-9(14-19-13-7)6-18-11-3-2-8(5-12)4-10(11)15(16)17/h2-4H,5-6,12H2,1H3. The number of aryl methyl sites for hydroxylation is 1. The predicted molar refractivity (Wildman–Crippen MR) is 64.4 cm³/mol. The number of nitrogens with two attached hydrogens (primary N) is 1. The summed E-state index contributed by atoms with van der Waals surface area (Å²) in [4.78, 5) is 10.4. The molecule has 1 aromatic carbocycles.